The smallest absolute Gasteiger partial charge is 0.157 e. The Labute approximate surface area is 97.5 Å². The Morgan fingerprint density at radius 3 is 2.56 bits per heavy atom. The highest BCUT2D eigenvalue weighted by Crippen LogP contribution is 2.25. The number of hydrogen-bond donors (Lipinski definition) is 0. The van der Waals surface area contributed by atoms with Crippen LogP contribution in [0.5, 0.6) is 0 Å². The van der Waals surface area contributed by atoms with Crippen molar-refractivity contribution in [2.24, 2.45) is 5.92 Å². The van der Waals surface area contributed by atoms with Gasteiger partial charge in [0.1, 0.15) is 0 Å². The van der Waals surface area contributed by atoms with Gasteiger partial charge in [0.05, 0.1) is 12.2 Å². The molecule has 0 aromatic carbocycles. The molecule has 2 heterocycles. The van der Waals surface area contributed by atoms with Gasteiger partial charge in [-0.2, -0.15) is 0 Å². The van der Waals surface area contributed by atoms with Crippen LogP contribution in [0, 0.1) is 5.92 Å². The standard InChI is InChI=1S/C13H21NO2/c1-10(2)13(15)4-3-7-14-8-11-5-6-12(9-14)16-11/h3-4,10-12H,5-9H2,1-2H3/b4-3+. The number of likely N-dealkylation sites (tertiary alicyclic amines) is 1. The van der Waals surface area contributed by atoms with Gasteiger partial charge in [-0.25, -0.2) is 0 Å². The van der Waals surface area contributed by atoms with Crippen LogP contribution in [-0.2, 0) is 9.53 Å². The summed E-state index contributed by atoms with van der Waals surface area (Å²) >= 11 is 0. The maximum atomic E-state index is 11.4. The van der Waals surface area contributed by atoms with E-state index in [-0.39, 0.29) is 11.7 Å². The summed E-state index contributed by atoms with van der Waals surface area (Å²) in [5, 5.41) is 0. The second-order valence-electron chi connectivity index (χ2n) is 5.14. The molecule has 3 heteroatoms. The number of ether oxygens (including phenoxy) is 1. The van der Waals surface area contributed by atoms with E-state index < -0.39 is 0 Å². The van der Waals surface area contributed by atoms with Gasteiger partial charge in [-0.3, -0.25) is 9.69 Å². The fourth-order valence-electron chi connectivity index (χ4n) is 2.36. The van der Waals surface area contributed by atoms with Crippen LogP contribution >= 0.6 is 0 Å². The van der Waals surface area contributed by atoms with Crippen LogP contribution in [0.1, 0.15) is 26.7 Å². The number of allylic oxidation sites excluding steroid dienone is 1. The number of fused-ring (bicyclic) bond motifs is 2. The zero-order chi connectivity index (χ0) is 11.5. The molecule has 0 aliphatic carbocycles. The SMILES string of the molecule is CC(C)C(=O)/C=C/CN1CC2CCC(C1)O2. The van der Waals surface area contributed by atoms with Crippen LogP contribution in [0.25, 0.3) is 0 Å². The van der Waals surface area contributed by atoms with E-state index in [0.717, 1.165) is 19.6 Å². The van der Waals surface area contributed by atoms with Crippen molar-refractivity contribution >= 4 is 5.78 Å². The van der Waals surface area contributed by atoms with Gasteiger partial charge in [0.15, 0.2) is 5.78 Å². The van der Waals surface area contributed by atoms with E-state index in [0.29, 0.717) is 12.2 Å². The second-order valence-corrected chi connectivity index (χ2v) is 5.14. The molecule has 2 fully saturated rings. The van der Waals surface area contributed by atoms with Gasteiger partial charge in [-0.1, -0.05) is 19.9 Å². The van der Waals surface area contributed by atoms with Crippen LogP contribution in [0.2, 0.25) is 0 Å². The molecule has 0 aromatic heterocycles. The van der Waals surface area contributed by atoms with Crippen molar-refractivity contribution in [3.63, 3.8) is 0 Å². The summed E-state index contributed by atoms with van der Waals surface area (Å²) in [6, 6.07) is 0. The molecule has 0 N–H and O–H groups in total. The van der Waals surface area contributed by atoms with Crippen LogP contribution < -0.4 is 0 Å². The quantitative estimate of drug-likeness (QED) is 0.678. The number of nitrogens with zero attached hydrogens (tertiary/aromatic N) is 1. The Kier molecular flexibility index (Phi) is 3.77. The minimum absolute atomic E-state index is 0.108. The zero-order valence-corrected chi connectivity index (χ0v) is 10.2. The molecule has 0 saturated carbocycles. The van der Waals surface area contributed by atoms with Crippen molar-refractivity contribution in [2.75, 3.05) is 19.6 Å². The topological polar surface area (TPSA) is 29.5 Å². The van der Waals surface area contributed by atoms with Crippen molar-refractivity contribution in [2.45, 2.75) is 38.9 Å². The number of carbonyl (C=O) groups excluding carboxylic acids is 1. The van der Waals surface area contributed by atoms with Crippen molar-refractivity contribution < 1.29 is 9.53 Å². The summed E-state index contributed by atoms with van der Waals surface area (Å²) in [5.41, 5.74) is 0. The molecule has 3 nitrogen and oxygen atoms in total. The lowest BCUT2D eigenvalue weighted by Gasteiger charge is -2.31. The summed E-state index contributed by atoms with van der Waals surface area (Å²) in [6.45, 7) is 6.80. The number of carbonyl (C=O) groups is 1. The third-order valence-electron chi connectivity index (χ3n) is 3.33. The highest BCUT2D eigenvalue weighted by atomic mass is 16.5. The molecule has 0 amide bonds. The lowest BCUT2D eigenvalue weighted by Crippen LogP contribution is -2.42. The normalized spacial score (nSPS) is 30.4. The average molecular weight is 223 g/mol. The van der Waals surface area contributed by atoms with E-state index in [9.17, 15) is 4.79 Å². The Morgan fingerprint density at radius 1 is 1.38 bits per heavy atom. The summed E-state index contributed by atoms with van der Waals surface area (Å²) in [4.78, 5) is 13.8. The maximum absolute atomic E-state index is 11.4. The molecule has 16 heavy (non-hydrogen) atoms. The lowest BCUT2D eigenvalue weighted by molar-refractivity contribution is -0.117. The van der Waals surface area contributed by atoms with Crippen molar-refractivity contribution in [3.8, 4) is 0 Å². The largest absolute Gasteiger partial charge is 0.372 e. The zero-order valence-electron chi connectivity index (χ0n) is 10.2. The molecule has 0 spiro atoms. The fourth-order valence-corrected chi connectivity index (χ4v) is 2.36. The minimum Gasteiger partial charge on any atom is -0.372 e. The van der Waals surface area contributed by atoms with Crippen molar-refractivity contribution in [1.29, 1.82) is 0 Å². The van der Waals surface area contributed by atoms with Crippen molar-refractivity contribution in [1.82, 2.24) is 4.90 Å². The Morgan fingerprint density at radius 2 is 2.00 bits per heavy atom. The van der Waals surface area contributed by atoms with Gasteiger partial charge in [0, 0.05) is 25.6 Å². The molecule has 2 aliphatic heterocycles. The second kappa shape index (κ2) is 5.11. The molecule has 2 atom stereocenters. The molecule has 2 bridgehead atoms. The molecule has 2 saturated heterocycles. The number of rotatable bonds is 4. The first-order chi connectivity index (χ1) is 7.65. The summed E-state index contributed by atoms with van der Waals surface area (Å²) in [7, 11) is 0. The van der Waals surface area contributed by atoms with Gasteiger partial charge < -0.3 is 4.74 Å². The van der Waals surface area contributed by atoms with Crippen LogP contribution in [-0.4, -0.2) is 42.5 Å². The fraction of sp³-hybridized carbons (Fsp3) is 0.769. The molecular formula is C13H21NO2. The predicted molar refractivity (Wildman–Crippen MR) is 63.3 cm³/mol. The summed E-state index contributed by atoms with van der Waals surface area (Å²) < 4.78 is 5.76. The average Bonchev–Trinajstić information content (AvgIpc) is 2.58. The van der Waals surface area contributed by atoms with Crippen LogP contribution in [0.3, 0.4) is 0 Å². The first kappa shape index (κ1) is 11.8. The Hall–Kier alpha value is -0.670. The monoisotopic (exact) mass is 223 g/mol. The van der Waals surface area contributed by atoms with E-state index in [1.807, 2.05) is 19.9 Å². The third kappa shape index (κ3) is 2.92. The lowest BCUT2D eigenvalue weighted by atomic mass is 10.1. The number of ketones is 1. The maximum Gasteiger partial charge on any atom is 0.157 e. The predicted octanol–water partition coefficient (Wildman–Crippen LogP) is 1.63. The summed E-state index contributed by atoms with van der Waals surface area (Å²) in [5.74, 6) is 0.327. The van der Waals surface area contributed by atoms with Gasteiger partial charge in [0.25, 0.3) is 0 Å². The molecule has 90 valence electrons. The first-order valence-corrected chi connectivity index (χ1v) is 6.23. The molecular weight excluding hydrogens is 202 g/mol. The van der Waals surface area contributed by atoms with E-state index in [2.05, 4.69) is 4.90 Å². The third-order valence-corrected chi connectivity index (χ3v) is 3.33. The molecule has 2 aliphatic rings. The first-order valence-electron chi connectivity index (χ1n) is 6.23. The molecule has 0 radical (unpaired) electrons. The van der Waals surface area contributed by atoms with E-state index in [1.54, 1.807) is 6.08 Å². The van der Waals surface area contributed by atoms with Crippen LogP contribution in [0.4, 0.5) is 0 Å². The van der Waals surface area contributed by atoms with Gasteiger partial charge in [-0.15, -0.1) is 0 Å². The molecule has 0 aromatic rings. The van der Waals surface area contributed by atoms with Gasteiger partial charge in [-0.05, 0) is 18.9 Å². The van der Waals surface area contributed by atoms with Crippen molar-refractivity contribution in [3.05, 3.63) is 12.2 Å². The Balaban J connectivity index is 1.76. The van der Waals surface area contributed by atoms with Gasteiger partial charge >= 0.3 is 0 Å². The number of hydrogen-bond acceptors (Lipinski definition) is 3. The molecule has 2 unspecified atom stereocenters. The highest BCUT2D eigenvalue weighted by molar-refractivity contribution is 5.91. The van der Waals surface area contributed by atoms with E-state index in [1.165, 1.54) is 12.8 Å². The Bertz CT molecular complexity index is 274. The highest BCUT2D eigenvalue weighted by Gasteiger charge is 2.32. The minimum atomic E-state index is 0.108. The van der Waals surface area contributed by atoms with Crippen LogP contribution in [0.15, 0.2) is 12.2 Å². The summed E-state index contributed by atoms with van der Waals surface area (Å²) in [6.07, 6.45) is 7.00. The van der Waals surface area contributed by atoms with Gasteiger partial charge in [0.2, 0.25) is 0 Å². The van der Waals surface area contributed by atoms with E-state index in [4.69, 9.17) is 4.74 Å². The molecule has 2 rings (SSSR count). The number of morpholine rings is 1. The van der Waals surface area contributed by atoms with E-state index >= 15 is 0 Å².